The predicted octanol–water partition coefficient (Wildman–Crippen LogP) is 1.99. The number of carbonyl (C=O) groups is 2. The fraction of sp³-hybridized carbons (Fsp3) is 0.353. The van der Waals surface area contributed by atoms with Crippen molar-refractivity contribution in [3.05, 3.63) is 45.3 Å². The Morgan fingerprint density at radius 2 is 2.00 bits per heavy atom. The second-order valence-electron chi connectivity index (χ2n) is 6.72. The summed E-state index contributed by atoms with van der Waals surface area (Å²) in [7, 11) is 0. The molecule has 2 amide bonds. The number of piperidine rings is 1. The number of hydrogen-bond donors (Lipinski definition) is 3. The Morgan fingerprint density at radius 1 is 1.31 bits per heavy atom. The fourth-order valence-corrected chi connectivity index (χ4v) is 4.12. The lowest BCUT2D eigenvalue weighted by Crippen LogP contribution is -2.36. The number of nitrogens with two attached hydrogens (primary N) is 1. The highest BCUT2D eigenvalue weighted by Gasteiger charge is 2.57. The van der Waals surface area contributed by atoms with Crippen molar-refractivity contribution >= 4 is 40.8 Å². The van der Waals surface area contributed by atoms with E-state index in [9.17, 15) is 9.59 Å². The molecule has 1 aliphatic carbocycles. The molecule has 0 aromatic carbocycles. The van der Waals surface area contributed by atoms with Gasteiger partial charge in [0.15, 0.2) is 0 Å². The lowest BCUT2D eigenvalue weighted by molar-refractivity contribution is 0.0941. The first kappa shape index (κ1) is 17.2. The number of amides is 2. The molecule has 0 radical (unpaired) electrons. The van der Waals surface area contributed by atoms with Crippen molar-refractivity contribution in [2.45, 2.75) is 13.0 Å². The minimum Gasteiger partial charge on any atom is -0.365 e. The van der Waals surface area contributed by atoms with Gasteiger partial charge in [-0.25, -0.2) is 4.98 Å². The molecule has 1 saturated carbocycles. The predicted molar refractivity (Wildman–Crippen MR) is 98.8 cm³/mol. The number of H-pyrrole nitrogens is 1. The molecule has 1 unspecified atom stereocenters. The number of pyridine rings is 1. The summed E-state index contributed by atoms with van der Waals surface area (Å²) in [6.45, 7) is 3.19. The molecule has 26 heavy (non-hydrogen) atoms. The summed E-state index contributed by atoms with van der Waals surface area (Å²) >= 11 is 12.1. The number of rotatable bonds is 4. The van der Waals surface area contributed by atoms with Crippen molar-refractivity contribution < 1.29 is 9.59 Å². The summed E-state index contributed by atoms with van der Waals surface area (Å²) < 4.78 is 0. The van der Waals surface area contributed by atoms with Crippen molar-refractivity contribution in [1.29, 1.82) is 0 Å². The minimum atomic E-state index is -0.493. The number of aromatic nitrogens is 2. The van der Waals surface area contributed by atoms with Crippen LogP contribution in [0.15, 0.2) is 18.3 Å². The van der Waals surface area contributed by atoms with E-state index in [0.29, 0.717) is 47.0 Å². The van der Waals surface area contributed by atoms with Crippen LogP contribution in [0.5, 0.6) is 0 Å². The van der Waals surface area contributed by atoms with E-state index in [-0.39, 0.29) is 22.7 Å². The topological polar surface area (TPSA) is 104 Å². The zero-order valence-electron chi connectivity index (χ0n) is 13.9. The van der Waals surface area contributed by atoms with E-state index in [0.717, 1.165) is 0 Å². The first-order valence-electron chi connectivity index (χ1n) is 8.22. The molecule has 2 aromatic heterocycles. The molecule has 1 saturated heterocycles. The van der Waals surface area contributed by atoms with Gasteiger partial charge < -0.3 is 20.9 Å². The highest BCUT2D eigenvalue weighted by molar-refractivity contribution is 6.44. The summed E-state index contributed by atoms with van der Waals surface area (Å²) in [5, 5.41) is 3.62. The molecule has 1 aliphatic heterocycles. The normalized spacial score (nSPS) is 23.7. The molecule has 7 nitrogen and oxygen atoms in total. The Kier molecular flexibility index (Phi) is 4.08. The number of primary amides is 1. The first-order valence-corrected chi connectivity index (χ1v) is 8.98. The highest BCUT2D eigenvalue weighted by Crippen LogP contribution is 2.47. The summed E-state index contributed by atoms with van der Waals surface area (Å²) in [6.07, 6.45) is 1.64. The number of aromatic amines is 1. The summed E-state index contributed by atoms with van der Waals surface area (Å²) in [6, 6.07) is 3.45. The van der Waals surface area contributed by atoms with E-state index < -0.39 is 5.91 Å². The van der Waals surface area contributed by atoms with Gasteiger partial charge in [-0.05, 0) is 19.1 Å². The van der Waals surface area contributed by atoms with Crippen molar-refractivity contribution in [3.8, 4) is 0 Å². The maximum absolute atomic E-state index is 12.4. The number of aryl methyl sites for hydroxylation is 1. The minimum absolute atomic E-state index is 0.0814. The van der Waals surface area contributed by atoms with E-state index in [1.54, 1.807) is 25.3 Å². The zero-order chi connectivity index (χ0) is 18.6. The van der Waals surface area contributed by atoms with E-state index in [4.69, 9.17) is 28.9 Å². The van der Waals surface area contributed by atoms with Crippen molar-refractivity contribution in [2.24, 2.45) is 17.6 Å². The molecule has 2 aliphatic rings. The van der Waals surface area contributed by atoms with Crippen LogP contribution in [0.3, 0.4) is 0 Å². The third-order valence-corrected chi connectivity index (χ3v) is 6.07. The largest absolute Gasteiger partial charge is 0.365 e. The van der Waals surface area contributed by atoms with Crippen LogP contribution in [-0.2, 0) is 0 Å². The molecule has 4 N–H and O–H groups in total. The number of halogens is 2. The Bertz CT molecular complexity index is 901. The molecular weight excluding hydrogens is 377 g/mol. The van der Waals surface area contributed by atoms with E-state index in [2.05, 4.69) is 15.3 Å². The second-order valence-corrected chi connectivity index (χ2v) is 7.48. The van der Waals surface area contributed by atoms with Gasteiger partial charge in [0.25, 0.3) is 11.8 Å². The second kappa shape index (κ2) is 6.17. The van der Waals surface area contributed by atoms with Gasteiger partial charge in [0, 0.05) is 42.9 Å². The first-order chi connectivity index (χ1) is 12.4. The molecular formula is C17H17Cl2N5O2. The lowest BCUT2D eigenvalue weighted by atomic mass is 10.2. The number of nitrogens with zero attached hydrogens (tertiary/aromatic N) is 2. The van der Waals surface area contributed by atoms with Gasteiger partial charge in [-0.2, -0.15) is 0 Å². The van der Waals surface area contributed by atoms with E-state index in [1.807, 2.05) is 4.90 Å². The molecule has 2 aromatic rings. The molecule has 2 fully saturated rings. The third kappa shape index (κ3) is 2.71. The van der Waals surface area contributed by atoms with Crippen LogP contribution >= 0.6 is 23.2 Å². The van der Waals surface area contributed by atoms with E-state index >= 15 is 0 Å². The monoisotopic (exact) mass is 393 g/mol. The number of fused-ring (bicyclic) bond motifs is 1. The van der Waals surface area contributed by atoms with Gasteiger partial charge in [0.1, 0.15) is 11.5 Å². The third-order valence-electron chi connectivity index (χ3n) is 5.12. The zero-order valence-corrected chi connectivity index (χ0v) is 15.4. The number of anilines is 1. The average Bonchev–Trinajstić information content (AvgIpc) is 2.95. The van der Waals surface area contributed by atoms with E-state index in [1.165, 1.54) is 0 Å². The highest BCUT2D eigenvalue weighted by atomic mass is 35.5. The number of hydrogen-bond acceptors (Lipinski definition) is 4. The summed E-state index contributed by atoms with van der Waals surface area (Å²) in [5.74, 6) is 0.477. The van der Waals surface area contributed by atoms with Gasteiger partial charge in [0.05, 0.1) is 15.6 Å². The van der Waals surface area contributed by atoms with Crippen molar-refractivity contribution in [3.63, 3.8) is 0 Å². The van der Waals surface area contributed by atoms with Crippen molar-refractivity contribution in [1.82, 2.24) is 15.3 Å². The van der Waals surface area contributed by atoms with Crippen LogP contribution in [0, 0.1) is 18.8 Å². The molecule has 4 rings (SSSR count). The van der Waals surface area contributed by atoms with Gasteiger partial charge in [-0.1, -0.05) is 23.2 Å². The quantitative estimate of drug-likeness (QED) is 0.738. The number of nitrogens with one attached hydrogen (secondary N) is 2. The lowest BCUT2D eigenvalue weighted by Gasteiger charge is -2.22. The Morgan fingerprint density at radius 3 is 2.58 bits per heavy atom. The Labute approximate surface area is 159 Å². The van der Waals surface area contributed by atoms with Gasteiger partial charge in [-0.15, -0.1) is 0 Å². The number of carbonyl (C=O) groups excluding carboxylic acids is 2. The van der Waals surface area contributed by atoms with Gasteiger partial charge in [-0.3, -0.25) is 9.59 Å². The smallest absolute Gasteiger partial charge is 0.269 e. The maximum Gasteiger partial charge on any atom is 0.269 e. The maximum atomic E-state index is 12.4. The molecule has 0 spiro atoms. The van der Waals surface area contributed by atoms with Crippen LogP contribution in [0.4, 0.5) is 5.82 Å². The van der Waals surface area contributed by atoms with Crippen molar-refractivity contribution in [2.75, 3.05) is 18.0 Å². The van der Waals surface area contributed by atoms with Crippen LogP contribution in [0.1, 0.15) is 26.5 Å². The molecule has 3 atom stereocenters. The van der Waals surface area contributed by atoms with Crippen LogP contribution in [-0.4, -0.2) is 40.9 Å². The van der Waals surface area contributed by atoms with Gasteiger partial charge >= 0.3 is 0 Å². The Balaban J connectivity index is 1.42. The SMILES string of the molecule is Cc1[nH]c(C(=O)NC2[C@H]3CN(c4ncccc4C(N)=O)C[C@@H]23)c(Cl)c1Cl. The Hall–Kier alpha value is -2.25. The average molecular weight is 394 g/mol. The molecule has 9 heteroatoms. The van der Waals surface area contributed by atoms with Crippen LogP contribution < -0.4 is 16.0 Å². The molecule has 0 bridgehead atoms. The molecule has 3 heterocycles. The standard InChI is InChI=1S/C17H17Cl2N5O2/c1-7-11(18)12(19)14(22-7)17(26)23-13-9-5-24(6-10(9)13)16-8(15(20)25)3-2-4-21-16/h2-4,9-10,13,22H,5-6H2,1H3,(H2,20,25)(H,23,26)/t9-,10+,13?. The van der Waals surface area contributed by atoms with Crippen LogP contribution in [0.25, 0.3) is 0 Å². The summed E-state index contributed by atoms with van der Waals surface area (Å²) in [5.41, 5.74) is 6.79. The fourth-order valence-electron chi connectivity index (χ4n) is 3.71. The van der Waals surface area contributed by atoms with Crippen LogP contribution in [0.2, 0.25) is 10.0 Å². The van der Waals surface area contributed by atoms with Gasteiger partial charge in [0.2, 0.25) is 0 Å². The molecule has 136 valence electrons. The summed E-state index contributed by atoms with van der Waals surface area (Å²) in [4.78, 5) is 33.3.